The molecule has 0 aliphatic carbocycles. The summed E-state index contributed by atoms with van der Waals surface area (Å²) in [5, 5.41) is 28.8. The van der Waals surface area contributed by atoms with Gasteiger partial charge in [0.1, 0.15) is 18.2 Å². The molecule has 0 saturated carbocycles. The molecular weight excluding hydrogens is 506 g/mol. The fourth-order valence-electron chi connectivity index (χ4n) is 6.96. The first-order valence-electron chi connectivity index (χ1n) is 13.2. The molecule has 4 heterocycles. The molecule has 1 aromatic heterocycles. The van der Waals surface area contributed by atoms with Crippen LogP contribution in [-0.4, -0.2) is 88.0 Å². The number of amides is 2. The summed E-state index contributed by atoms with van der Waals surface area (Å²) in [5.74, 6) is -3.16. The summed E-state index contributed by atoms with van der Waals surface area (Å²) >= 11 is 1.50. The van der Waals surface area contributed by atoms with Gasteiger partial charge in [-0.05, 0) is 36.8 Å². The Balaban J connectivity index is 1.59. The molecule has 0 radical (unpaired) electrons. The van der Waals surface area contributed by atoms with Gasteiger partial charge >= 0.3 is 5.97 Å². The van der Waals surface area contributed by atoms with E-state index in [1.807, 2.05) is 45.0 Å². The van der Waals surface area contributed by atoms with Crippen LogP contribution in [-0.2, 0) is 21.1 Å². The van der Waals surface area contributed by atoms with Crippen molar-refractivity contribution in [3.63, 3.8) is 0 Å². The SMILES string of the molecule is C=CCN(Cn1nnc2ccccc21)C(=O)C1N([C@@H](CO)CC(C)C)C(=O)[C@@H]2[C@@H](C(=O)O)[C@H]3CC(C)C12S3. The maximum Gasteiger partial charge on any atom is 0.308 e. The number of carbonyl (C=O) groups is 3. The third-order valence-corrected chi connectivity index (χ3v) is 10.5. The number of carbonyl (C=O) groups excluding carboxylic acids is 2. The van der Waals surface area contributed by atoms with Gasteiger partial charge in [-0.3, -0.25) is 14.4 Å². The van der Waals surface area contributed by atoms with Gasteiger partial charge in [-0.2, -0.15) is 0 Å². The van der Waals surface area contributed by atoms with Crippen molar-refractivity contribution in [2.75, 3.05) is 13.2 Å². The molecule has 3 saturated heterocycles. The number of carboxylic acids is 1. The van der Waals surface area contributed by atoms with Crippen LogP contribution in [0, 0.1) is 23.7 Å². The summed E-state index contributed by atoms with van der Waals surface area (Å²) in [6.45, 7) is 9.89. The van der Waals surface area contributed by atoms with E-state index in [1.165, 1.54) is 11.8 Å². The molecule has 3 unspecified atom stereocenters. The molecule has 10 nitrogen and oxygen atoms in total. The molecule has 5 rings (SSSR count). The Bertz CT molecular complexity index is 1270. The van der Waals surface area contributed by atoms with E-state index in [1.54, 1.807) is 20.6 Å². The number of aliphatic hydroxyl groups excluding tert-OH is 1. The molecule has 7 atom stereocenters. The molecule has 2 amide bonds. The highest BCUT2D eigenvalue weighted by atomic mass is 32.2. The highest BCUT2D eigenvalue weighted by Gasteiger charge is 2.77. The van der Waals surface area contributed by atoms with Crippen molar-refractivity contribution in [1.29, 1.82) is 0 Å². The van der Waals surface area contributed by atoms with E-state index in [4.69, 9.17) is 0 Å². The van der Waals surface area contributed by atoms with Crippen LogP contribution in [0.15, 0.2) is 36.9 Å². The number of aliphatic carboxylic acids is 1. The highest BCUT2D eigenvalue weighted by Crippen LogP contribution is 2.69. The zero-order chi connectivity index (χ0) is 27.4. The fourth-order valence-corrected chi connectivity index (χ4v) is 9.36. The molecule has 2 aromatic rings. The number of rotatable bonds is 10. The number of fused-ring (bicyclic) bond motifs is 2. The van der Waals surface area contributed by atoms with Crippen molar-refractivity contribution in [3.8, 4) is 0 Å². The minimum Gasteiger partial charge on any atom is -0.481 e. The number of thioether (sulfide) groups is 1. The summed E-state index contributed by atoms with van der Waals surface area (Å²) in [6, 6.07) is 5.98. The third-order valence-electron chi connectivity index (χ3n) is 8.44. The first kappa shape index (κ1) is 26.7. The second kappa shape index (κ2) is 10.00. The number of aromatic nitrogens is 3. The minimum atomic E-state index is -0.996. The summed E-state index contributed by atoms with van der Waals surface area (Å²) in [6.07, 6.45) is 2.77. The molecule has 38 heavy (non-hydrogen) atoms. The molecule has 2 N–H and O–H groups in total. The Morgan fingerprint density at radius 3 is 2.74 bits per heavy atom. The lowest BCUT2D eigenvalue weighted by Gasteiger charge is -2.42. The lowest BCUT2D eigenvalue weighted by Crippen LogP contribution is -2.59. The van der Waals surface area contributed by atoms with E-state index < -0.39 is 34.6 Å². The molecular formula is C27H35N5O5S. The number of para-hydroxylation sites is 1. The summed E-state index contributed by atoms with van der Waals surface area (Å²) in [5.41, 5.74) is 1.48. The van der Waals surface area contributed by atoms with E-state index in [9.17, 15) is 24.6 Å². The van der Waals surface area contributed by atoms with Crippen LogP contribution in [0.4, 0.5) is 0 Å². The number of carboxylic acid groups (broad SMARTS) is 1. The average molecular weight is 542 g/mol. The van der Waals surface area contributed by atoms with Crippen LogP contribution in [0.3, 0.4) is 0 Å². The van der Waals surface area contributed by atoms with Crippen molar-refractivity contribution in [2.24, 2.45) is 23.7 Å². The smallest absolute Gasteiger partial charge is 0.308 e. The standard InChI is InChI=1S/C27H35N5O5S/c1-5-10-30(14-31-19-9-7-6-8-18(19)28-29-31)25(35)23-27-16(4)12-20(38-27)21(26(36)37)22(27)24(34)32(23)17(13-33)11-15(2)3/h5-9,15-17,20-23,33H,1,10-14H2,2-4H3,(H,36,37)/t16?,17-,20-,21+,22+,23?,27?/m1/s1. The normalized spacial score (nSPS) is 30.7. The van der Waals surface area contributed by atoms with Crippen LogP contribution in [0.5, 0.6) is 0 Å². The maximum atomic E-state index is 14.6. The Hall–Kier alpha value is -2.92. The van der Waals surface area contributed by atoms with Crippen LogP contribution < -0.4 is 0 Å². The van der Waals surface area contributed by atoms with Gasteiger partial charge in [0.15, 0.2) is 0 Å². The largest absolute Gasteiger partial charge is 0.481 e. The van der Waals surface area contributed by atoms with E-state index in [0.29, 0.717) is 18.4 Å². The molecule has 2 bridgehead atoms. The average Bonchev–Trinajstić information content (AvgIpc) is 3.59. The number of hydrogen-bond acceptors (Lipinski definition) is 7. The van der Waals surface area contributed by atoms with Gasteiger partial charge in [-0.15, -0.1) is 23.4 Å². The van der Waals surface area contributed by atoms with E-state index in [-0.39, 0.29) is 48.7 Å². The van der Waals surface area contributed by atoms with Crippen LogP contribution in [0.25, 0.3) is 11.0 Å². The first-order valence-corrected chi connectivity index (χ1v) is 14.0. The number of hydrogen-bond donors (Lipinski definition) is 2. The summed E-state index contributed by atoms with van der Waals surface area (Å²) < 4.78 is 0.767. The number of aliphatic hydroxyl groups is 1. The van der Waals surface area contributed by atoms with Crippen molar-refractivity contribution in [2.45, 2.75) is 62.4 Å². The summed E-state index contributed by atoms with van der Waals surface area (Å²) in [4.78, 5) is 44.3. The fraction of sp³-hybridized carbons (Fsp3) is 0.593. The van der Waals surface area contributed by atoms with Gasteiger partial charge in [0, 0.05) is 11.8 Å². The van der Waals surface area contributed by atoms with Gasteiger partial charge in [0.2, 0.25) is 11.8 Å². The zero-order valence-electron chi connectivity index (χ0n) is 21.9. The molecule has 3 aliphatic rings. The van der Waals surface area contributed by atoms with E-state index in [2.05, 4.69) is 16.9 Å². The molecule has 1 aromatic carbocycles. The van der Waals surface area contributed by atoms with Crippen molar-refractivity contribution in [3.05, 3.63) is 36.9 Å². The second-order valence-electron chi connectivity index (χ2n) is 11.2. The number of nitrogens with zero attached hydrogens (tertiary/aromatic N) is 5. The predicted octanol–water partition coefficient (Wildman–Crippen LogP) is 2.23. The summed E-state index contributed by atoms with van der Waals surface area (Å²) in [7, 11) is 0. The molecule has 11 heteroatoms. The molecule has 3 fully saturated rings. The highest BCUT2D eigenvalue weighted by molar-refractivity contribution is 8.02. The molecule has 3 aliphatic heterocycles. The first-order chi connectivity index (χ1) is 18.1. The molecule has 1 spiro atoms. The third kappa shape index (κ3) is 3.93. The lowest BCUT2D eigenvalue weighted by molar-refractivity contribution is -0.150. The van der Waals surface area contributed by atoms with Gasteiger partial charge < -0.3 is 20.0 Å². The quantitative estimate of drug-likeness (QED) is 0.438. The van der Waals surface area contributed by atoms with Gasteiger partial charge in [-0.1, -0.05) is 44.2 Å². The topological polar surface area (TPSA) is 129 Å². The van der Waals surface area contributed by atoms with Crippen LogP contribution >= 0.6 is 11.8 Å². The Morgan fingerprint density at radius 1 is 1.34 bits per heavy atom. The van der Waals surface area contributed by atoms with E-state index >= 15 is 0 Å². The zero-order valence-corrected chi connectivity index (χ0v) is 22.8. The maximum absolute atomic E-state index is 14.6. The number of likely N-dealkylation sites (tertiary alicyclic amines) is 1. The van der Waals surface area contributed by atoms with Gasteiger partial charge in [0.05, 0.1) is 34.7 Å². The van der Waals surface area contributed by atoms with Gasteiger partial charge in [0.25, 0.3) is 0 Å². The molecule has 204 valence electrons. The van der Waals surface area contributed by atoms with Crippen molar-refractivity contribution >= 4 is 40.6 Å². The Labute approximate surface area is 226 Å². The predicted molar refractivity (Wildman–Crippen MR) is 143 cm³/mol. The Morgan fingerprint density at radius 2 is 2.08 bits per heavy atom. The lowest BCUT2D eigenvalue weighted by atomic mass is 9.66. The Kier molecular flexibility index (Phi) is 7.02. The minimum absolute atomic E-state index is 0.0443. The van der Waals surface area contributed by atoms with Crippen molar-refractivity contribution < 1.29 is 24.6 Å². The number of benzene rings is 1. The van der Waals surface area contributed by atoms with Gasteiger partial charge in [-0.25, -0.2) is 4.68 Å². The van der Waals surface area contributed by atoms with Crippen LogP contribution in [0.2, 0.25) is 0 Å². The van der Waals surface area contributed by atoms with Crippen LogP contribution in [0.1, 0.15) is 33.6 Å². The monoisotopic (exact) mass is 541 g/mol. The van der Waals surface area contributed by atoms with Crippen molar-refractivity contribution in [1.82, 2.24) is 24.8 Å². The van der Waals surface area contributed by atoms with E-state index in [0.717, 1.165) is 5.52 Å². The second-order valence-corrected chi connectivity index (χ2v) is 12.7.